The van der Waals surface area contributed by atoms with Gasteiger partial charge in [-0.2, -0.15) is 0 Å². The Morgan fingerprint density at radius 2 is 1.10 bits per heavy atom. The van der Waals surface area contributed by atoms with Gasteiger partial charge in [0.15, 0.2) is 11.9 Å². The Kier molecular flexibility index (Phi) is 10.0. The molecule has 1 saturated heterocycles. The van der Waals surface area contributed by atoms with Crippen molar-refractivity contribution in [2.24, 2.45) is 0 Å². The summed E-state index contributed by atoms with van der Waals surface area (Å²) in [6, 6.07) is 0. The summed E-state index contributed by atoms with van der Waals surface area (Å²) in [5, 5.41) is 9.51. The zero-order valence-electron chi connectivity index (χ0n) is 22.2. The van der Waals surface area contributed by atoms with Crippen molar-refractivity contribution >= 4 is 22.6 Å². The maximum atomic E-state index is 11.6. The topological polar surface area (TPSA) is 65.0 Å². The molecule has 0 bridgehead atoms. The predicted molar refractivity (Wildman–Crippen MR) is 134 cm³/mol. The minimum atomic E-state index is -2.27. The third kappa shape index (κ3) is 5.65. The molecule has 1 unspecified atom stereocenters. The van der Waals surface area contributed by atoms with Crippen molar-refractivity contribution in [2.75, 3.05) is 6.61 Å². The molecule has 0 aromatic carbocycles. The van der Waals surface area contributed by atoms with Gasteiger partial charge in [0.1, 0.15) is 0 Å². The van der Waals surface area contributed by atoms with Crippen molar-refractivity contribution in [1.82, 2.24) is 0 Å². The SMILES string of the molecule is CC(C)[Si](OC1(O[Si](C(C)C)(C(C)C)C(C)C)CCC(C(=O)O)OC1)(C(C)C)C(C)C. The number of aliphatic carboxylic acids is 1. The summed E-state index contributed by atoms with van der Waals surface area (Å²) < 4.78 is 20.6. The first kappa shape index (κ1) is 28.8. The fraction of sp³-hybridized carbons (Fsp3) is 0.958. The van der Waals surface area contributed by atoms with Crippen LogP contribution in [-0.4, -0.2) is 46.2 Å². The van der Waals surface area contributed by atoms with E-state index in [1.165, 1.54) is 0 Å². The first-order valence-electron chi connectivity index (χ1n) is 12.3. The Bertz CT molecular complexity index is 499. The van der Waals surface area contributed by atoms with Crippen LogP contribution in [0.3, 0.4) is 0 Å². The summed E-state index contributed by atoms with van der Waals surface area (Å²) in [6.45, 7) is 27.6. The molecule has 1 N–H and O–H groups in total. The summed E-state index contributed by atoms with van der Waals surface area (Å²) >= 11 is 0. The summed E-state index contributed by atoms with van der Waals surface area (Å²) in [5.74, 6) is -1.75. The van der Waals surface area contributed by atoms with Crippen LogP contribution >= 0.6 is 0 Å². The molecule has 1 fully saturated rings. The second kappa shape index (κ2) is 10.8. The minimum Gasteiger partial charge on any atom is -0.479 e. The van der Waals surface area contributed by atoms with Crippen LogP contribution in [0.2, 0.25) is 33.2 Å². The minimum absolute atomic E-state index is 0.200. The fourth-order valence-corrected chi connectivity index (χ4v) is 17.7. The zero-order chi connectivity index (χ0) is 24.4. The van der Waals surface area contributed by atoms with Gasteiger partial charge in [-0.05, 0) is 39.7 Å². The monoisotopic (exact) mass is 474 g/mol. The molecule has 5 nitrogen and oxygen atoms in total. The van der Waals surface area contributed by atoms with Gasteiger partial charge in [0.05, 0.1) is 6.61 Å². The average Bonchev–Trinajstić information content (AvgIpc) is 2.63. The van der Waals surface area contributed by atoms with Gasteiger partial charge >= 0.3 is 5.97 Å². The lowest BCUT2D eigenvalue weighted by Gasteiger charge is -2.55. The summed E-state index contributed by atoms with van der Waals surface area (Å²) in [6.07, 6.45) is 0.223. The second-order valence-electron chi connectivity index (χ2n) is 11.4. The summed E-state index contributed by atoms with van der Waals surface area (Å²) in [4.78, 5) is 11.6. The van der Waals surface area contributed by atoms with Gasteiger partial charge in [-0.15, -0.1) is 0 Å². The number of hydrogen-bond acceptors (Lipinski definition) is 4. The highest BCUT2D eigenvalue weighted by molar-refractivity contribution is 6.79. The molecule has 7 heteroatoms. The van der Waals surface area contributed by atoms with Gasteiger partial charge in [0.2, 0.25) is 16.6 Å². The average molecular weight is 475 g/mol. The number of hydrogen-bond donors (Lipinski definition) is 1. The molecule has 184 valence electrons. The van der Waals surface area contributed by atoms with Crippen LogP contribution in [0.4, 0.5) is 0 Å². The summed E-state index contributed by atoms with van der Waals surface area (Å²) in [5.41, 5.74) is 2.49. The van der Waals surface area contributed by atoms with Crippen molar-refractivity contribution in [3.63, 3.8) is 0 Å². The van der Waals surface area contributed by atoms with Crippen LogP contribution in [0.25, 0.3) is 0 Å². The van der Waals surface area contributed by atoms with E-state index in [9.17, 15) is 9.90 Å². The Balaban J connectivity index is 3.58. The van der Waals surface area contributed by atoms with Gasteiger partial charge in [-0.3, -0.25) is 0 Å². The van der Waals surface area contributed by atoms with Crippen LogP contribution < -0.4 is 0 Å². The largest absolute Gasteiger partial charge is 0.479 e. The fourth-order valence-electron chi connectivity index (χ4n) is 6.46. The molecule has 31 heavy (non-hydrogen) atoms. The Morgan fingerprint density at radius 3 is 1.29 bits per heavy atom. The number of carbonyl (C=O) groups is 1. The van der Waals surface area contributed by atoms with Crippen molar-refractivity contribution in [3.05, 3.63) is 0 Å². The van der Waals surface area contributed by atoms with Gasteiger partial charge < -0.3 is 18.7 Å². The predicted octanol–water partition coefficient (Wildman–Crippen LogP) is 7.33. The highest BCUT2D eigenvalue weighted by Crippen LogP contribution is 2.51. The Labute approximate surface area is 193 Å². The first-order chi connectivity index (χ1) is 14.1. The van der Waals surface area contributed by atoms with Gasteiger partial charge in [0, 0.05) is 6.42 Å². The van der Waals surface area contributed by atoms with Gasteiger partial charge in [0.25, 0.3) is 0 Å². The molecule has 0 aromatic heterocycles. The third-order valence-corrected chi connectivity index (χ3v) is 20.0. The van der Waals surface area contributed by atoms with Crippen LogP contribution in [-0.2, 0) is 18.4 Å². The van der Waals surface area contributed by atoms with E-state index >= 15 is 0 Å². The van der Waals surface area contributed by atoms with Gasteiger partial charge in [-0.25, -0.2) is 4.79 Å². The van der Waals surface area contributed by atoms with Crippen LogP contribution in [0.1, 0.15) is 95.9 Å². The normalized spacial score (nSPS) is 20.6. The van der Waals surface area contributed by atoms with Crippen LogP contribution in [0.15, 0.2) is 0 Å². The van der Waals surface area contributed by atoms with E-state index < -0.39 is 34.5 Å². The first-order valence-corrected chi connectivity index (χ1v) is 16.6. The number of carboxylic acids is 1. The molecule has 1 rings (SSSR count). The highest BCUT2D eigenvalue weighted by Gasteiger charge is 2.57. The van der Waals surface area contributed by atoms with E-state index in [2.05, 4.69) is 83.1 Å². The van der Waals surface area contributed by atoms with Crippen molar-refractivity contribution in [3.8, 4) is 0 Å². The molecule has 0 radical (unpaired) electrons. The van der Waals surface area contributed by atoms with Crippen molar-refractivity contribution in [2.45, 2.75) is 141 Å². The second-order valence-corrected chi connectivity index (χ2v) is 22.2. The van der Waals surface area contributed by atoms with Gasteiger partial charge in [-0.1, -0.05) is 83.1 Å². The van der Waals surface area contributed by atoms with E-state index in [1.807, 2.05) is 0 Å². The standard InChI is InChI=1S/C24H50O5Si2/c1-16(2)30(17(3)4,18(5)6)28-24(14-13-22(23(25)26)27-15-24)29-31(19(7)8,20(9)10)21(11)12/h16-22H,13-15H2,1-12H3,(H,25,26). The van der Waals surface area contributed by atoms with Crippen molar-refractivity contribution in [1.29, 1.82) is 0 Å². The zero-order valence-corrected chi connectivity index (χ0v) is 24.2. The van der Waals surface area contributed by atoms with E-state index in [0.29, 0.717) is 46.1 Å². The molecular weight excluding hydrogens is 424 g/mol. The highest BCUT2D eigenvalue weighted by atomic mass is 28.4. The number of rotatable bonds is 11. The molecule has 0 aliphatic carbocycles. The number of carboxylic acid groups (broad SMARTS) is 1. The molecule has 1 aliphatic rings. The molecule has 1 atom stereocenters. The van der Waals surface area contributed by atoms with E-state index in [0.717, 1.165) is 0 Å². The Hall–Kier alpha value is -0.216. The maximum Gasteiger partial charge on any atom is 0.332 e. The summed E-state index contributed by atoms with van der Waals surface area (Å²) in [7, 11) is -4.54. The molecule has 1 heterocycles. The molecule has 0 amide bonds. The molecular formula is C24H50O5Si2. The molecule has 0 aromatic rings. The van der Waals surface area contributed by atoms with E-state index in [-0.39, 0.29) is 6.61 Å². The molecule has 0 saturated carbocycles. The number of ether oxygens (including phenoxy) is 1. The quantitative estimate of drug-likeness (QED) is 0.251. The van der Waals surface area contributed by atoms with E-state index in [4.69, 9.17) is 13.6 Å². The molecule has 0 spiro atoms. The Morgan fingerprint density at radius 1 is 0.774 bits per heavy atom. The smallest absolute Gasteiger partial charge is 0.332 e. The van der Waals surface area contributed by atoms with Crippen LogP contribution in [0, 0.1) is 0 Å². The lowest BCUT2D eigenvalue weighted by atomic mass is 10.0. The van der Waals surface area contributed by atoms with E-state index in [1.54, 1.807) is 0 Å². The third-order valence-electron chi connectivity index (χ3n) is 7.71. The maximum absolute atomic E-state index is 11.6. The molecule has 1 aliphatic heterocycles. The van der Waals surface area contributed by atoms with Crippen LogP contribution in [0.5, 0.6) is 0 Å². The lowest BCUT2D eigenvalue weighted by molar-refractivity contribution is -0.222. The van der Waals surface area contributed by atoms with Crippen molar-refractivity contribution < 1.29 is 23.5 Å². The lowest BCUT2D eigenvalue weighted by Crippen LogP contribution is -2.64.